The molecule has 0 amide bonds. The molecule has 0 atom stereocenters. The fraction of sp³-hybridized carbons (Fsp3) is 0.0714. The molecular weight excluding hydrogens is 615 g/mol. The van der Waals surface area contributed by atoms with Crippen molar-refractivity contribution in [3.05, 3.63) is 109 Å². The van der Waals surface area contributed by atoms with Gasteiger partial charge in [0.2, 0.25) is 0 Å². The Kier molecular flexibility index (Phi) is 9.30. The molecule has 2 nitrogen and oxygen atoms in total. The summed E-state index contributed by atoms with van der Waals surface area (Å²) in [5, 5.41) is 0. The van der Waals surface area contributed by atoms with Crippen molar-refractivity contribution in [2.24, 2.45) is 0 Å². The van der Waals surface area contributed by atoms with E-state index in [2.05, 4.69) is 72.8 Å². The van der Waals surface area contributed by atoms with E-state index in [9.17, 15) is 0 Å². The van der Waals surface area contributed by atoms with Gasteiger partial charge in [-0.25, -0.2) is 0 Å². The van der Waals surface area contributed by atoms with Gasteiger partial charge in [-0.05, 0) is 0 Å². The van der Waals surface area contributed by atoms with Gasteiger partial charge in [0.1, 0.15) is 0 Å². The van der Waals surface area contributed by atoms with E-state index in [-0.39, 0.29) is 0 Å². The fourth-order valence-electron chi connectivity index (χ4n) is 3.75. The van der Waals surface area contributed by atoms with E-state index in [1.807, 2.05) is 36.4 Å². The molecule has 4 aromatic carbocycles. The van der Waals surface area contributed by atoms with Crippen molar-refractivity contribution in [3.63, 3.8) is 0 Å². The number of hydrogen-bond acceptors (Lipinski definition) is 6. The summed E-state index contributed by atoms with van der Waals surface area (Å²) >= 11 is 12.1. The molecule has 176 valence electrons. The van der Waals surface area contributed by atoms with Gasteiger partial charge in [0.15, 0.2) is 0 Å². The molecule has 0 radical (unpaired) electrons. The zero-order valence-corrected chi connectivity index (χ0v) is 25.5. The first-order valence-corrected chi connectivity index (χ1v) is 19.1. The number of thioether (sulfide) groups is 2. The standard InChI is InChI=1S/2C8H7OS2.2C6H5.Sn/c2*1-9-7-2-4-8(5-3-7)11-6-10;2*1-2-4-6-5-3-1;/h2*2-5H,1H3;2*1-5H;. The number of hydrogen-bond donors (Lipinski definition) is 0. The summed E-state index contributed by atoms with van der Waals surface area (Å²) in [5.41, 5.74) is 0. The number of thiocarbonyl (C=S) groups is 2. The van der Waals surface area contributed by atoms with Crippen LogP contribution in [0.5, 0.6) is 11.5 Å². The first kappa shape index (κ1) is 26.2. The minimum atomic E-state index is -3.89. The number of rotatable bonds is 8. The SMILES string of the molecule is COc1ccc(S[C](=S)[Sn]([C](=S)Sc2ccc(OC)cc2)([c]2ccccc2)[c]2ccccc2)cc1. The molecule has 0 fully saturated rings. The molecule has 0 heterocycles. The summed E-state index contributed by atoms with van der Waals surface area (Å²) in [5.74, 6) is 1.65. The first-order valence-electron chi connectivity index (χ1n) is 10.9. The van der Waals surface area contributed by atoms with Gasteiger partial charge in [-0.1, -0.05) is 0 Å². The Labute approximate surface area is 230 Å². The normalized spacial score (nSPS) is 11.0. The van der Waals surface area contributed by atoms with Gasteiger partial charge in [-0.3, -0.25) is 0 Å². The maximum absolute atomic E-state index is 6.33. The molecule has 0 spiro atoms. The molecular formula is C28H24O2S4Sn. The second-order valence-electron chi connectivity index (χ2n) is 7.61. The molecule has 0 N–H and O–H groups in total. The summed E-state index contributed by atoms with van der Waals surface area (Å²) in [6.07, 6.45) is 0. The molecule has 0 aliphatic carbocycles. The Morgan fingerprint density at radius 1 is 0.543 bits per heavy atom. The molecule has 4 rings (SSSR count). The van der Waals surface area contributed by atoms with E-state index in [4.69, 9.17) is 33.9 Å². The Hall–Kier alpha value is -1.84. The zero-order chi connectivity index (χ0) is 24.7. The van der Waals surface area contributed by atoms with Crippen LogP contribution >= 0.6 is 48.0 Å². The number of methoxy groups -OCH3 is 2. The summed E-state index contributed by atoms with van der Waals surface area (Å²) in [6.45, 7) is 0. The molecule has 35 heavy (non-hydrogen) atoms. The zero-order valence-electron chi connectivity index (χ0n) is 19.3. The summed E-state index contributed by atoms with van der Waals surface area (Å²) in [6, 6.07) is 37.4. The van der Waals surface area contributed by atoms with Gasteiger partial charge in [-0.15, -0.1) is 0 Å². The first-order chi connectivity index (χ1) is 17.1. The molecule has 0 saturated carbocycles. The number of benzene rings is 4. The van der Waals surface area contributed by atoms with Crippen molar-refractivity contribution in [1.29, 1.82) is 0 Å². The molecule has 0 aliphatic rings. The molecule has 0 saturated heterocycles. The van der Waals surface area contributed by atoms with Crippen LogP contribution in [-0.4, -0.2) is 37.0 Å². The average molecular weight is 639 g/mol. The van der Waals surface area contributed by atoms with Crippen LogP contribution in [-0.2, 0) is 0 Å². The predicted octanol–water partition coefficient (Wildman–Crippen LogP) is 6.58. The number of ether oxygens (including phenoxy) is 2. The summed E-state index contributed by atoms with van der Waals surface area (Å²) < 4.78 is 15.1. The topological polar surface area (TPSA) is 18.5 Å². The van der Waals surface area contributed by atoms with E-state index in [1.54, 1.807) is 37.7 Å². The van der Waals surface area contributed by atoms with Gasteiger partial charge in [0.25, 0.3) is 0 Å². The predicted molar refractivity (Wildman–Crippen MR) is 161 cm³/mol. The van der Waals surface area contributed by atoms with Crippen LogP contribution in [0.4, 0.5) is 0 Å². The second kappa shape index (κ2) is 12.4. The third-order valence-electron chi connectivity index (χ3n) is 5.57. The van der Waals surface area contributed by atoms with Crippen LogP contribution in [0.25, 0.3) is 0 Å². The molecule has 0 unspecified atom stereocenters. The Morgan fingerprint density at radius 3 is 1.20 bits per heavy atom. The maximum atomic E-state index is 6.33. The second-order valence-corrected chi connectivity index (χ2v) is 25.7. The quantitative estimate of drug-likeness (QED) is 0.122. The molecule has 4 aromatic rings. The van der Waals surface area contributed by atoms with Crippen molar-refractivity contribution in [2.75, 3.05) is 14.2 Å². The van der Waals surface area contributed by atoms with Crippen LogP contribution in [0.1, 0.15) is 0 Å². The monoisotopic (exact) mass is 640 g/mol. The average Bonchev–Trinajstić information content (AvgIpc) is 2.91. The Balaban J connectivity index is 1.82. The molecule has 0 aliphatic heterocycles. The molecule has 0 bridgehead atoms. The van der Waals surface area contributed by atoms with Crippen molar-refractivity contribution in [3.8, 4) is 11.5 Å². The van der Waals surface area contributed by atoms with Gasteiger partial charge in [-0.2, -0.15) is 0 Å². The molecule has 7 heteroatoms. The van der Waals surface area contributed by atoms with Gasteiger partial charge in [0.05, 0.1) is 0 Å². The van der Waals surface area contributed by atoms with Gasteiger partial charge < -0.3 is 0 Å². The minimum absolute atomic E-state index is 0.826. The van der Waals surface area contributed by atoms with Crippen molar-refractivity contribution < 1.29 is 9.47 Å². The van der Waals surface area contributed by atoms with E-state index in [0.717, 1.165) is 25.7 Å². The summed E-state index contributed by atoms with van der Waals surface area (Å²) in [7, 11) is 3.35. The van der Waals surface area contributed by atoms with E-state index in [1.165, 1.54) is 7.16 Å². The van der Waals surface area contributed by atoms with Crippen molar-refractivity contribution in [1.82, 2.24) is 0 Å². The molecule has 0 aromatic heterocycles. The Bertz CT molecular complexity index is 1180. The third kappa shape index (κ3) is 5.94. The van der Waals surface area contributed by atoms with Crippen molar-refractivity contribution >= 4 is 77.9 Å². The third-order valence-corrected chi connectivity index (χ3v) is 27.8. The van der Waals surface area contributed by atoms with Crippen molar-refractivity contribution in [2.45, 2.75) is 9.79 Å². The van der Waals surface area contributed by atoms with E-state index < -0.39 is 18.4 Å². The van der Waals surface area contributed by atoms with Crippen LogP contribution in [0.2, 0.25) is 0 Å². The van der Waals surface area contributed by atoms with Gasteiger partial charge in [0, 0.05) is 0 Å². The van der Waals surface area contributed by atoms with Crippen LogP contribution < -0.4 is 16.6 Å². The fourth-order valence-corrected chi connectivity index (χ4v) is 29.1. The van der Waals surface area contributed by atoms with Gasteiger partial charge >= 0.3 is 232 Å². The van der Waals surface area contributed by atoms with E-state index >= 15 is 0 Å². The van der Waals surface area contributed by atoms with Crippen LogP contribution in [0.15, 0.2) is 119 Å². The Morgan fingerprint density at radius 2 is 0.886 bits per heavy atom. The van der Waals surface area contributed by atoms with E-state index in [0.29, 0.717) is 0 Å². The summed E-state index contributed by atoms with van der Waals surface area (Å²) in [4.78, 5) is 2.17. The van der Waals surface area contributed by atoms with Crippen LogP contribution in [0, 0.1) is 0 Å². The van der Waals surface area contributed by atoms with Crippen LogP contribution in [0.3, 0.4) is 0 Å².